The van der Waals surface area contributed by atoms with E-state index < -0.39 is 0 Å². The topological polar surface area (TPSA) is 17.1 Å². The van der Waals surface area contributed by atoms with Gasteiger partial charge in [-0.2, -0.15) is 0 Å². The van der Waals surface area contributed by atoms with Crippen LogP contribution in [0, 0.1) is 0 Å². The second-order valence-electron chi connectivity index (χ2n) is 3.16. The van der Waals surface area contributed by atoms with E-state index in [2.05, 4.69) is 0 Å². The molecule has 2 aromatic carbocycles. The first-order valence-electron chi connectivity index (χ1n) is 4.54. The lowest BCUT2D eigenvalue weighted by atomic mass is 10.0. The molecule has 0 unspecified atom stereocenters. The molecule has 1 nitrogen and oxygen atoms in total. The molecule has 0 aliphatic carbocycles. The van der Waals surface area contributed by atoms with Gasteiger partial charge in [-0.25, -0.2) is 0 Å². The van der Waals surface area contributed by atoms with Crippen molar-refractivity contribution in [3.05, 3.63) is 59.1 Å². The smallest absolute Gasteiger partial charge is 0.234 e. The molecule has 2 rings (SSSR count). The monoisotopic (exact) mass is 215 g/mol. The van der Waals surface area contributed by atoms with Gasteiger partial charge in [0.05, 0.1) is 0 Å². The van der Waals surface area contributed by atoms with Crippen molar-refractivity contribution in [3.63, 3.8) is 0 Å². The van der Waals surface area contributed by atoms with Crippen LogP contribution < -0.4 is 0 Å². The van der Waals surface area contributed by atoms with E-state index in [4.69, 9.17) is 11.6 Å². The minimum atomic E-state index is 0.494. The van der Waals surface area contributed by atoms with E-state index in [9.17, 15) is 4.79 Å². The average Bonchev–Trinajstić information content (AvgIpc) is 2.30. The number of carbonyl (C=O) groups excluding carboxylic acids is 1. The molecule has 73 valence electrons. The van der Waals surface area contributed by atoms with E-state index in [0.29, 0.717) is 10.6 Å². The standard InChI is InChI=1S/C13H8ClO/c14-12-6-7-13(11(8-12)9-15)10-4-2-1-3-5-10/h1-8H. The van der Waals surface area contributed by atoms with Gasteiger partial charge in [0.25, 0.3) is 0 Å². The molecule has 2 aromatic rings. The summed E-state index contributed by atoms with van der Waals surface area (Å²) < 4.78 is 0. The molecule has 0 spiro atoms. The summed E-state index contributed by atoms with van der Waals surface area (Å²) in [6.45, 7) is 0. The zero-order valence-electron chi connectivity index (χ0n) is 7.91. The first kappa shape index (κ1) is 9.94. The highest BCUT2D eigenvalue weighted by Crippen LogP contribution is 2.24. The first-order chi connectivity index (χ1) is 7.31. The molecule has 0 bridgehead atoms. The lowest BCUT2D eigenvalue weighted by molar-refractivity contribution is 0.563. The molecule has 0 saturated carbocycles. The highest BCUT2D eigenvalue weighted by Gasteiger charge is 2.04. The third-order valence-electron chi connectivity index (χ3n) is 2.18. The summed E-state index contributed by atoms with van der Waals surface area (Å²) in [5, 5.41) is 0.549. The Bertz CT molecular complexity index is 477. The highest BCUT2D eigenvalue weighted by molar-refractivity contribution is 6.31. The molecule has 0 saturated heterocycles. The number of halogens is 1. The summed E-state index contributed by atoms with van der Waals surface area (Å²) in [6.07, 6.45) is 1.90. The van der Waals surface area contributed by atoms with Crippen LogP contribution in [0.1, 0.15) is 5.56 Å². The molecule has 0 amide bonds. The molecule has 1 radical (unpaired) electrons. The van der Waals surface area contributed by atoms with Gasteiger partial charge in [-0.05, 0) is 23.3 Å². The van der Waals surface area contributed by atoms with E-state index in [1.165, 1.54) is 0 Å². The molecule has 0 N–H and O–H groups in total. The van der Waals surface area contributed by atoms with Crippen LogP contribution in [0.5, 0.6) is 0 Å². The van der Waals surface area contributed by atoms with Crippen LogP contribution in [0.2, 0.25) is 5.02 Å². The van der Waals surface area contributed by atoms with Crippen molar-refractivity contribution in [1.82, 2.24) is 0 Å². The van der Waals surface area contributed by atoms with Crippen LogP contribution in [-0.4, -0.2) is 6.29 Å². The minimum Gasteiger partial charge on any atom is -0.285 e. The van der Waals surface area contributed by atoms with Crippen molar-refractivity contribution in [2.75, 3.05) is 0 Å². The second-order valence-corrected chi connectivity index (χ2v) is 3.59. The van der Waals surface area contributed by atoms with Gasteiger partial charge < -0.3 is 0 Å². The molecule has 2 heteroatoms. The Kier molecular flexibility index (Phi) is 2.84. The zero-order valence-corrected chi connectivity index (χ0v) is 8.66. The SMILES string of the molecule is O=[C]c1cc(Cl)ccc1-c1ccccc1. The average molecular weight is 216 g/mol. The highest BCUT2D eigenvalue weighted by atomic mass is 35.5. The fraction of sp³-hybridized carbons (Fsp3) is 0. The summed E-state index contributed by atoms with van der Waals surface area (Å²) >= 11 is 5.80. The molecule has 0 aromatic heterocycles. The van der Waals surface area contributed by atoms with Crippen molar-refractivity contribution in [3.8, 4) is 11.1 Å². The Balaban J connectivity index is 2.58. The quantitative estimate of drug-likeness (QED) is 0.750. The van der Waals surface area contributed by atoms with Gasteiger partial charge in [-0.15, -0.1) is 0 Å². The maximum absolute atomic E-state index is 10.8. The third-order valence-corrected chi connectivity index (χ3v) is 2.41. The molecule has 0 heterocycles. The van der Waals surface area contributed by atoms with Crippen molar-refractivity contribution in [1.29, 1.82) is 0 Å². The maximum Gasteiger partial charge on any atom is 0.234 e. The van der Waals surface area contributed by atoms with E-state index in [0.717, 1.165) is 11.1 Å². The summed E-state index contributed by atoms with van der Waals surface area (Å²) in [4.78, 5) is 10.8. The Labute approximate surface area is 93.3 Å². The molecule has 0 aliphatic rings. The Morgan fingerprint density at radius 3 is 2.40 bits per heavy atom. The van der Waals surface area contributed by atoms with Crippen LogP contribution in [0.4, 0.5) is 0 Å². The minimum absolute atomic E-state index is 0.494. The van der Waals surface area contributed by atoms with E-state index >= 15 is 0 Å². The summed E-state index contributed by atoms with van der Waals surface area (Å²) in [5.41, 5.74) is 2.34. The largest absolute Gasteiger partial charge is 0.285 e. The van der Waals surface area contributed by atoms with Gasteiger partial charge in [0.2, 0.25) is 6.29 Å². The van der Waals surface area contributed by atoms with Gasteiger partial charge in [0.1, 0.15) is 0 Å². The van der Waals surface area contributed by atoms with Crippen molar-refractivity contribution >= 4 is 17.9 Å². The number of hydrogen-bond donors (Lipinski definition) is 0. The Hall–Kier alpha value is -1.60. The third kappa shape index (κ3) is 2.08. The summed E-state index contributed by atoms with van der Waals surface area (Å²) in [5.74, 6) is 0. The van der Waals surface area contributed by atoms with Crippen LogP contribution in [0.25, 0.3) is 11.1 Å². The molecular weight excluding hydrogens is 208 g/mol. The van der Waals surface area contributed by atoms with Gasteiger partial charge in [0, 0.05) is 10.6 Å². The Morgan fingerprint density at radius 1 is 1.00 bits per heavy atom. The fourth-order valence-corrected chi connectivity index (χ4v) is 1.64. The van der Waals surface area contributed by atoms with Gasteiger partial charge in [-0.1, -0.05) is 48.0 Å². The maximum atomic E-state index is 10.8. The lowest BCUT2D eigenvalue weighted by Gasteiger charge is -2.04. The molecule has 0 atom stereocenters. The van der Waals surface area contributed by atoms with E-state index in [-0.39, 0.29) is 0 Å². The molecule has 0 aliphatic heterocycles. The van der Waals surface area contributed by atoms with Crippen LogP contribution in [0.3, 0.4) is 0 Å². The van der Waals surface area contributed by atoms with E-state index in [1.807, 2.05) is 42.7 Å². The van der Waals surface area contributed by atoms with Crippen molar-refractivity contribution in [2.24, 2.45) is 0 Å². The fourth-order valence-electron chi connectivity index (χ4n) is 1.47. The van der Waals surface area contributed by atoms with Crippen LogP contribution in [-0.2, 0) is 4.79 Å². The van der Waals surface area contributed by atoms with E-state index in [1.54, 1.807) is 12.1 Å². The van der Waals surface area contributed by atoms with Gasteiger partial charge in [0.15, 0.2) is 0 Å². The summed E-state index contributed by atoms with van der Waals surface area (Å²) in [7, 11) is 0. The van der Waals surface area contributed by atoms with Crippen LogP contribution in [0.15, 0.2) is 48.5 Å². The number of hydrogen-bond acceptors (Lipinski definition) is 1. The zero-order chi connectivity index (χ0) is 10.7. The predicted molar refractivity (Wildman–Crippen MR) is 61.7 cm³/mol. The van der Waals surface area contributed by atoms with Crippen molar-refractivity contribution in [2.45, 2.75) is 0 Å². The summed E-state index contributed by atoms with van der Waals surface area (Å²) in [6, 6.07) is 14.9. The Morgan fingerprint density at radius 2 is 1.73 bits per heavy atom. The van der Waals surface area contributed by atoms with Crippen molar-refractivity contribution < 1.29 is 4.79 Å². The normalized spacial score (nSPS) is 9.93. The first-order valence-corrected chi connectivity index (χ1v) is 4.92. The number of rotatable bonds is 2. The molecular formula is C13H8ClO. The molecule has 15 heavy (non-hydrogen) atoms. The lowest BCUT2D eigenvalue weighted by Crippen LogP contribution is -1.87. The van der Waals surface area contributed by atoms with Gasteiger partial charge >= 0.3 is 0 Å². The second kappa shape index (κ2) is 4.28. The molecule has 0 fully saturated rings. The van der Waals surface area contributed by atoms with Gasteiger partial charge in [-0.3, -0.25) is 4.79 Å². The predicted octanol–water partition coefficient (Wildman–Crippen LogP) is 3.46. The number of benzene rings is 2. The van der Waals surface area contributed by atoms with Crippen LogP contribution >= 0.6 is 11.6 Å².